The van der Waals surface area contributed by atoms with E-state index in [1.165, 1.54) is 6.92 Å². The van der Waals surface area contributed by atoms with Crippen molar-refractivity contribution in [3.05, 3.63) is 41.0 Å². The van der Waals surface area contributed by atoms with Crippen LogP contribution in [0.15, 0.2) is 24.3 Å². The second kappa shape index (κ2) is 5.49. The molecule has 0 aliphatic carbocycles. The van der Waals surface area contributed by atoms with Crippen molar-refractivity contribution in [1.29, 1.82) is 0 Å². The van der Waals surface area contributed by atoms with Gasteiger partial charge in [-0.3, -0.25) is 9.59 Å². The highest BCUT2D eigenvalue weighted by atomic mass is 16.2. The van der Waals surface area contributed by atoms with Gasteiger partial charge >= 0.3 is 0 Å². The van der Waals surface area contributed by atoms with E-state index >= 15 is 0 Å². The summed E-state index contributed by atoms with van der Waals surface area (Å²) < 4.78 is 0. The quantitative estimate of drug-likeness (QED) is 0.788. The molecule has 0 fully saturated rings. The number of hydrogen-bond donors (Lipinski definition) is 2. The maximum absolute atomic E-state index is 11.4. The van der Waals surface area contributed by atoms with E-state index in [9.17, 15) is 9.59 Å². The molecule has 1 aliphatic rings. The summed E-state index contributed by atoms with van der Waals surface area (Å²) in [5.41, 5.74) is 2.89. The van der Waals surface area contributed by atoms with E-state index in [0.29, 0.717) is 13.1 Å². The largest absolute Gasteiger partial charge is 0.356 e. The zero-order valence-corrected chi connectivity index (χ0v) is 10.3. The van der Waals surface area contributed by atoms with Crippen LogP contribution in [0.3, 0.4) is 0 Å². The molecule has 0 spiro atoms. The van der Waals surface area contributed by atoms with Gasteiger partial charge in [0, 0.05) is 25.6 Å². The molecule has 2 rings (SSSR count). The van der Waals surface area contributed by atoms with Crippen molar-refractivity contribution < 1.29 is 9.59 Å². The molecule has 4 heteroatoms. The number of rotatable bonds is 4. The first-order chi connectivity index (χ1) is 8.66. The number of nitrogens with one attached hydrogen (secondary N) is 2. The van der Waals surface area contributed by atoms with Gasteiger partial charge in [0.25, 0.3) is 5.91 Å². The minimum absolute atomic E-state index is 0.00573. The van der Waals surface area contributed by atoms with Gasteiger partial charge in [-0.15, -0.1) is 0 Å². The monoisotopic (exact) mass is 244 g/mol. The summed E-state index contributed by atoms with van der Waals surface area (Å²) in [6.07, 6.45) is 4.82. The number of fused-ring (bicyclic) bond motifs is 1. The lowest BCUT2D eigenvalue weighted by Crippen LogP contribution is -2.20. The predicted molar refractivity (Wildman–Crippen MR) is 69.9 cm³/mol. The number of carbonyl (C=O) groups is 2. The first kappa shape index (κ1) is 12.4. The smallest absolute Gasteiger partial charge is 0.251 e. The van der Waals surface area contributed by atoms with Crippen molar-refractivity contribution in [2.45, 2.75) is 19.9 Å². The molecule has 2 amide bonds. The lowest BCUT2D eigenvalue weighted by Gasteiger charge is -1.99. The lowest BCUT2D eigenvalue weighted by atomic mass is 10.1. The van der Waals surface area contributed by atoms with Gasteiger partial charge in [-0.05, 0) is 29.7 Å². The molecule has 94 valence electrons. The molecular formula is C14H16N2O2. The Balaban J connectivity index is 1.92. The minimum Gasteiger partial charge on any atom is -0.356 e. The molecular weight excluding hydrogens is 228 g/mol. The molecule has 1 heterocycles. The lowest BCUT2D eigenvalue weighted by molar-refractivity contribution is -0.118. The third kappa shape index (κ3) is 2.97. The van der Waals surface area contributed by atoms with Crippen LogP contribution < -0.4 is 10.6 Å². The van der Waals surface area contributed by atoms with Crippen molar-refractivity contribution in [3.63, 3.8) is 0 Å². The fourth-order valence-electron chi connectivity index (χ4n) is 1.91. The Bertz CT molecular complexity index is 507. The summed E-state index contributed by atoms with van der Waals surface area (Å²) in [6.45, 7) is 2.77. The van der Waals surface area contributed by atoms with E-state index in [2.05, 4.69) is 10.6 Å². The van der Waals surface area contributed by atoms with Gasteiger partial charge in [0.15, 0.2) is 0 Å². The predicted octanol–water partition coefficient (Wildman–Crippen LogP) is 1.47. The van der Waals surface area contributed by atoms with Crippen LogP contribution in [0.1, 0.15) is 34.8 Å². The van der Waals surface area contributed by atoms with E-state index in [1.54, 1.807) is 0 Å². The SMILES string of the molecule is CC(=O)NCCC=Cc1ccc2c(c1)CNC2=O. The summed E-state index contributed by atoms with van der Waals surface area (Å²) in [6, 6.07) is 5.80. The molecule has 0 atom stereocenters. The number of benzene rings is 1. The van der Waals surface area contributed by atoms with Crippen LogP contribution in [-0.4, -0.2) is 18.4 Å². The summed E-state index contributed by atoms with van der Waals surface area (Å²) >= 11 is 0. The van der Waals surface area contributed by atoms with Crippen LogP contribution in [0.25, 0.3) is 6.08 Å². The fourth-order valence-corrected chi connectivity index (χ4v) is 1.91. The normalized spacial score (nSPS) is 13.5. The molecule has 0 aromatic heterocycles. The van der Waals surface area contributed by atoms with Gasteiger partial charge in [0.05, 0.1) is 0 Å². The van der Waals surface area contributed by atoms with Crippen molar-refractivity contribution in [3.8, 4) is 0 Å². The Kier molecular flexibility index (Phi) is 3.77. The fraction of sp³-hybridized carbons (Fsp3) is 0.286. The van der Waals surface area contributed by atoms with Crippen LogP contribution in [0.2, 0.25) is 0 Å². The minimum atomic E-state index is -0.00878. The van der Waals surface area contributed by atoms with Gasteiger partial charge in [-0.25, -0.2) is 0 Å². The average molecular weight is 244 g/mol. The standard InChI is InChI=1S/C14H16N2O2/c1-10(17)15-7-3-2-4-11-5-6-13-12(8-11)9-16-14(13)18/h2,4-6,8H,3,7,9H2,1H3,(H,15,17)(H,16,18). The molecule has 18 heavy (non-hydrogen) atoms. The summed E-state index contributed by atoms with van der Waals surface area (Å²) in [4.78, 5) is 22.0. The molecule has 1 aromatic rings. The summed E-state index contributed by atoms with van der Waals surface area (Å²) in [7, 11) is 0. The second-order valence-corrected chi connectivity index (χ2v) is 4.27. The Morgan fingerprint density at radius 3 is 3.11 bits per heavy atom. The van der Waals surface area contributed by atoms with Gasteiger partial charge < -0.3 is 10.6 Å². The van der Waals surface area contributed by atoms with Gasteiger partial charge in [-0.1, -0.05) is 18.2 Å². The van der Waals surface area contributed by atoms with Crippen LogP contribution in [0.5, 0.6) is 0 Å². The number of hydrogen-bond acceptors (Lipinski definition) is 2. The molecule has 2 N–H and O–H groups in total. The van der Waals surface area contributed by atoms with Crippen LogP contribution in [-0.2, 0) is 11.3 Å². The molecule has 1 aliphatic heterocycles. The maximum Gasteiger partial charge on any atom is 0.251 e. The van der Waals surface area contributed by atoms with Crippen LogP contribution in [0, 0.1) is 0 Å². The Labute approximate surface area is 106 Å². The van der Waals surface area contributed by atoms with E-state index in [-0.39, 0.29) is 11.8 Å². The molecule has 1 aromatic carbocycles. The Hall–Kier alpha value is -2.10. The van der Waals surface area contributed by atoms with Crippen LogP contribution >= 0.6 is 0 Å². The topological polar surface area (TPSA) is 58.2 Å². The van der Waals surface area contributed by atoms with E-state index in [4.69, 9.17) is 0 Å². The molecule has 0 saturated heterocycles. The van der Waals surface area contributed by atoms with Crippen molar-refractivity contribution >= 4 is 17.9 Å². The highest BCUT2D eigenvalue weighted by Crippen LogP contribution is 2.17. The summed E-state index contributed by atoms with van der Waals surface area (Å²) in [5.74, 6) is -0.00305. The Morgan fingerprint density at radius 2 is 2.33 bits per heavy atom. The third-order valence-electron chi connectivity index (χ3n) is 2.81. The zero-order chi connectivity index (χ0) is 13.0. The second-order valence-electron chi connectivity index (χ2n) is 4.27. The van der Waals surface area contributed by atoms with Crippen LogP contribution in [0.4, 0.5) is 0 Å². The van der Waals surface area contributed by atoms with Crippen molar-refractivity contribution in [2.24, 2.45) is 0 Å². The molecule has 0 radical (unpaired) electrons. The molecule has 0 saturated carbocycles. The molecule has 0 unspecified atom stereocenters. The zero-order valence-electron chi connectivity index (χ0n) is 10.3. The molecule has 4 nitrogen and oxygen atoms in total. The molecule has 0 bridgehead atoms. The number of amides is 2. The third-order valence-corrected chi connectivity index (χ3v) is 2.81. The van der Waals surface area contributed by atoms with E-state index in [0.717, 1.165) is 23.1 Å². The first-order valence-electron chi connectivity index (χ1n) is 5.99. The summed E-state index contributed by atoms with van der Waals surface area (Å²) in [5, 5.41) is 5.52. The van der Waals surface area contributed by atoms with Gasteiger partial charge in [0.1, 0.15) is 0 Å². The first-order valence-corrected chi connectivity index (χ1v) is 5.99. The van der Waals surface area contributed by atoms with Crippen molar-refractivity contribution in [1.82, 2.24) is 10.6 Å². The van der Waals surface area contributed by atoms with Gasteiger partial charge in [0.2, 0.25) is 5.91 Å². The highest BCUT2D eigenvalue weighted by molar-refractivity contribution is 5.98. The van der Waals surface area contributed by atoms with Gasteiger partial charge in [-0.2, -0.15) is 0 Å². The maximum atomic E-state index is 11.4. The Morgan fingerprint density at radius 1 is 1.50 bits per heavy atom. The van der Waals surface area contributed by atoms with E-state index < -0.39 is 0 Å². The average Bonchev–Trinajstić information content (AvgIpc) is 2.70. The van der Waals surface area contributed by atoms with E-state index in [1.807, 2.05) is 30.4 Å². The highest BCUT2D eigenvalue weighted by Gasteiger charge is 2.17. The number of carbonyl (C=O) groups excluding carboxylic acids is 2. The van der Waals surface area contributed by atoms with Crippen molar-refractivity contribution in [2.75, 3.05) is 6.54 Å².